The minimum Gasteiger partial charge on any atom is -0.465 e. The van der Waals surface area contributed by atoms with Gasteiger partial charge in [0.25, 0.3) is 0 Å². The van der Waals surface area contributed by atoms with Crippen molar-refractivity contribution in [2.24, 2.45) is 5.73 Å². The maximum absolute atomic E-state index is 12.2. The van der Waals surface area contributed by atoms with Gasteiger partial charge in [-0.3, -0.25) is 14.4 Å². The molecule has 7 nitrogen and oxygen atoms in total. The summed E-state index contributed by atoms with van der Waals surface area (Å²) < 4.78 is 5.07. The molecule has 2 atom stereocenters. The molecule has 1 aromatic heterocycles. The van der Waals surface area contributed by atoms with E-state index in [1.165, 1.54) is 25.3 Å². The fourth-order valence-corrected chi connectivity index (χ4v) is 2.24. The number of nitrogens with two attached hydrogens (primary N) is 1. The molecule has 26 heavy (non-hydrogen) atoms. The van der Waals surface area contributed by atoms with Crippen molar-refractivity contribution in [2.45, 2.75) is 25.4 Å². The number of hydrogen-bond donors (Lipinski definition) is 3. The second kappa shape index (κ2) is 9.22. The van der Waals surface area contributed by atoms with Crippen LogP contribution in [0.4, 0.5) is 0 Å². The van der Waals surface area contributed by atoms with Crippen LogP contribution in [0.3, 0.4) is 0 Å². The summed E-state index contributed by atoms with van der Waals surface area (Å²) in [5.41, 5.74) is 6.24. The van der Waals surface area contributed by atoms with Crippen LogP contribution in [0.15, 0.2) is 59.2 Å². The average molecular weight is 355 g/mol. The molecule has 136 valence electrons. The van der Waals surface area contributed by atoms with E-state index in [0.29, 0.717) is 5.76 Å². The third-order valence-electron chi connectivity index (χ3n) is 3.64. The van der Waals surface area contributed by atoms with Crippen LogP contribution in [0.1, 0.15) is 18.2 Å². The molecule has 0 spiro atoms. The SMILES string of the molecule is C[C@H](NC(=O)/C=C\c1ccco1)C(=O)N[C@H](Cc1ccccc1)C(N)=O. The highest BCUT2D eigenvalue weighted by molar-refractivity contribution is 5.96. The van der Waals surface area contributed by atoms with Gasteiger partial charge >= 0.3 is 0 Å². The van der Waals surface area contributed by atoms with Gasteiger partial charge in [-0.2, -0.15) is 0 Å². The third kappa shape index (κ3) is 5.94. The van der Waals surface area contributed by atoms with Crippen LogP contribution in [0, 0.1) is 0 Å². The molecular formula is C19H21N3O4. The first-order chi connectivity index (χ1) is 12.5. The molecule has 0 unspecified atom stereocenters. The Kier molecular flexibility index (Phi) is 6.73. The van der Waals surface area contributed by atoms with Crippen molar-refractivity contribution in [3.8, 4) is 0 Å². The second-order valence-corrected chi connectivity index (χ2v) is 5.73. The summed E-state index contributed by atoms with van der Waals surface area (Å²) >= 11 is 0. The molecule has 4 N–H and O–H groups in total. The number of benzene rings is 1. The van der Waals surface area contributed by atoms with Gasteiger partial charge in [0.1, 0.15) is 17.8 Å². The number of furan rings is 1. The Morgan fingerprint density at radius 2 is 1.85 bits per heavy atom. The molecule has 1 aromatic carbocycles. The predicted octanol–water partition coefficient (Wildman–Crippen LogP) is 1.01. The van der Waals surface area contributed by atoms with Crippen LogP contribution in [-0.4, -0.2) is 29.8 Å². The van der Waals surface area contributed by atoms with Crippen LogP contribution in [0.5, 0.6) is 0 Å². The zero-order valence-corrected chi connectivity index (χ0v) is 14.3. The molecule has 0 aliphatic rings. The lowest BCUT2D eigenvalue weighted by molar-refractivity contribution is -0.130. The van der Waals surface area contributed by atoms with Crippen LogP contribution in [0.25, 0.3) is 6.08 Å². The Bertz CT molecular complexity index is 769. The Morgan fingerprint density at radius 1 is 1.12 bits per heavy atom. The van der Waals surface area contributed by atoms with Gasteiger partial charge in [-0.05, 0) is 30.7 Å². The van der Waals surface area contributed by atoms with Crippen molar-refractivity contribution < 1.29 is 18.8 Å². The highest BCUT2D eigenvalue weighted by Gasteiger charge is 2.22. The highest BCUT2D eigenvalue weighted by Crippen LogP contribution is 2.04. The van der Waals surface area contributed by atoms with Crippen LogP contribution in [-0.2, 0) is 20.8 Å². The van der Waals surface area contributed by atoms with E-state index in [1.807, 2.05) is 30.3 Å². The van der Waals surface area contributed by atoms with Gasteiger partial charge in [-0.15, -0.1) is 0 Å². The first kappa shape index (κ1) is 19.0. The molecule has 0 radical (unpaired) electrons. The molecular weight excluding hydrogens is 334 g/mol. The quantitative estimate of drug-likeness (QED) is 0.613. The predicted molar refractivity (Wildman–Crippen MR) is 96.6 cm³/mol. The van der Waals surface area contributed by atoms with Gasteiger partial charge in [-0.25, -0.2) is 0 Å². The standard InChI is InChI=1S/C19H21N3O4/c1-13(21-17(23)10-9-15-8-5-11-26-15)19(25)22-16(18(20)24)12-14-6-3-2-4-7-14/h2-11,13,16H,12H2,1H3,(H2,20,24)(H,21,23)(H,22,25)/b10-9-/t13-,16+/m0/s1. The second-order valence-electron chi connectivity index (χ2n) is 5.73. The Balaban J connectivity index is 1.89. The Morgan fingerprint density at radius 3 is 2.46 bits per heavy atom. The Hall–Kier alpha value is -3.35. The van der Waals surface area contributed by atoms with Gasteiger partial charge in [0.15, 0.2) is 0 Å². The van der Waals surface area contributed by atoms with Crippen LogP contribution < -0.4 is 16.4 Å². The molecule has 2 rings (SSSR count). The van der Waals surface area contributed by atoms with Crippen LogP contribution >= 0.6 is 0 Å². The molecule has 2 aromatic rings. The van der Waals surface area contributed by atoms with Crippen molar-refractivity contribution in [2.75, 3.05) is 0 Å². The minimum absolute atomic E-state index is 0.279. The number of rotatable bonds is 8. The fraction of sp³-hybridized carbons (Fsp3) is 0.211. The molecule has 0 saturated carbocycles. The lowest BCUT2D eigenvalue weighted by Crippen LogP contribution is -2.52. The average Bonchev–Trinajstić information content (AvgIpc) is 3.13. The summed E-state index contributed by atoms with van der Waals surface area (Å²) in [6.45, 7) is 1.52. The van der Waals surface area contributed by atoms with Gasteiger partial charge in [0, 0.05) is 12.5 Å². The zero-order valence-electron chi connectivity index (χ0n) is 14.3. The van der Waals surface area contributed by atoms with Crippen molar-refractivity contribution in [1.29, 1.82) is 0 Å². The lowest BCUT2D eigenvalue weighted by atomic mass is 10.1. The van der Waals surface area contributed by atoms with Crippen molar-refractivity contribution in [3.63, 3.8) is 0 Å². The number of nitrogens with one attached hydrogen (secondary N) is 2. The highest BCUT2D eigenvalue weighted by atomic mass is 16.3. The molecule has 7 heteroatoms. The molecule has 0 fully saturated rings. The third-order valence-corrected chi connectivity index (χ3v) is 3.64. The van der Waals surface area contributed by atoms with Gasteiger partial charge < -0.3 is 20.8 Å². The summed E-state index contributed by atoms with van der Waals surface area (Å²) in [5, 5.41) is 5.09. The summed E-state index contributed by atoms with van der Waals surface area (Å²) in [5.74, 6) is -1.07. The van der Waals surface area contributed by atoms with Crippen LogP contribution in [0.2, 0.25) is 0 Å². The molecule has 3 amide bonds. The normalized spacial score (nSPS) is 13.1. The summed E-state index contributed by atoms with van der Waals surface area (Å²) in [7, 11) is 0. The van der Waals surface area contributed by atoms with Crippen molar-refractivity contribution in [3.05, 3.63) is 66.1 Å². The van der Waals surface area contributed by atoms with E-state index in [2.05, 4.69) is 10.6 Å². The lowest BCUT2D eigenvalue weighted by Gasteiger charge is -2.19. The number of primary amides is 1. The van der Waals surface area contributed by atoms with E-state index in [1.54, 1.807) is 12.1 Å². The summed E-state index contributed by atoms with van der Waals surface area (Å²) in [4.78, 5) is 35.7. The van der Waals surface area contributed by atoms with E-state index in [-0.39, 0.29) is 6.42 Å². The fourth-order valence-electron chi connectivity index (χ4n) is 2.24. The van der Waals surface area contributed by atoms with Gasteiger partial charge in [-0.1, -0.05) is 30.3 Å². The number of carbonyl (C=O) groups is 3. The van der Waals surface area contributed by atoms with Crippen molar-refractivity contribution in [1.82, 2.24) is 10.6 Å². The van der Waals surface area contributed by atoms with Crippen molar-refractivity contribution >= 4 is 23.8 Å². The Labute approximate surface area is 151 Å². The number of amides is 3. The van der Waals surface area contributed by atoms with E-state index in [0.717, 1.165) is 5.56 Å². The monoisotopic (exact) mass is 355 g/mol. The smallest absolute Gasteiger partial charge is 0.244 e. The van der Waals surface area contributed by atoms with E-state index < -0.39 is 29.8 Å². The molecule has 0 bridgehead atoms. The van der Waals surface area contributed by atoms with Gasteiger partial charge in [0.05, 0.1) is 6.26 Å². The zero-order chi connectivity index (χ0) is 18.9. The van der Waals surface area contributed by atoms with Gasteiger partial charge in [0.2, 0.25) is 17.7 Å². The molecule has 0 aliphatic carbocycles. The van der Waals surface area contributed by atoms with E-state index in [4.69, 9.17) is 10.2 Å². The topological polar surface area (TPSA) is 114 Å². The van der Waals surface area contributed by atoms with E-state index in [9.17, 15) is 14.4 Å². The largest absolute Gasteiger partial charge is 0.465 e. The minimum atomic E-state index is -0.858. The number of hydrogen-bond acceptors (Lipinski definition) is 4. The first-order valence-corrected chi connectivity index (χ1v) is 8.11. The summed E-state index contributed by atoms with van der Waals surface area (Å²) in [6, 6.07) is 10.9. The summed E-state index contributed by atoms with van der Waals surface area (Å²) in [6.07, 6.45) is 4.52. The van der Waals surface area contributed by atoms with E-state index >= 15 is 0 Å². The maximum Gasteiger partial charge on any atom is 0.244 e. The first-order valence-electron chi connectivity index (χ1n) is 8.11. The molecule has 1 heterocycles. The molecule has 0 saturated heterocycles. The molecule has 0 aliphatic heterocycles. The number of carbonyl (C=O) groups excluding carboxylic acids is 3. The maximum atomic E-state index is 12.2.